The molecule has 0 saturated heterocycles. The van der Waals surface area contributed by atoms with E-state index in [0.717, 1.165) is 29.8 Å². The molecule has 0 aliphatic heterocycles. The Morgan fingerprint density at radius 1 is 1.43 bits per heavy atom. The van der Waals surface area contributed by atoms with Crippen LogP contribution in [0.2, 0.25) is 0 Å². The van der Waals surface area contributed by atoms with Crippen LogP contribution in [-0.4, -0.2) is 10.6 Å². The summed E-state index contributed by atoms with van der Waals surface area (Å²) in [4.78, 5) is 1.06. The lowest BCUT2D eigenvalue weighted by Crippen LogP contribution is -1.85. The predicted molar refractivity (Wildman–Crippen MR) is 34.2 cm³/mol. The van der Waals surface area contributed by atoms with Gasteiger partial charge in [-0.25, -0.2) is 0 Å². The number of hydrogen-bond acceptors (Lipinski definition) is 2. The highest BCUT2D eigenvalue weighted by Gasteiger charge is 2.10. The first-order valence-corrected chi connectivity index (χ1v) is 2.78. The van der Waals surface area contributed by atoms with E-state index in [4.69, 9.17) is 17.6 Å². The molecular weight excluding hydrogens is 106 g/mol. The van der Waals surface area contributed by atoms with E-state index in [2.05, 4.69) is 0 Å². The molecule has 1 aliphatic carbocycles. The van der Waals surface area contributed by atoms with Gasteiger partial charge in [0.15, 0.2) is 0 Å². The van der Waals surface area contributed by atoms with E-state index in [0.29, 0.717) is 0 Å². The molecule has 0 aromatic rings. The molecule has 0 spiro atoms. The van der Waals surface area contributed by atoms with Crippen LogP contribution in [0.4, 0.5) is 0 Å². The van der Waals surface area contributed by atoms with Crippen LogP contribution in [0.15, 0.2) is 0 Å². The summed E-state index contributed by atoms with van der Waals surface area (Å²) in [6.45, 7) is 0. The van der Waals surface area contributed by atoms with Crippen molar-refractivity contribution in [2.24, 2.45) is 0 Å². The van der Waals surface area contributed by atoms with E-state index in [9.17, 15) is 0 Å². The van der Waals surface area contributed by atoms with Crippen molar-refractivity contribution in [1.82, 2.24) is 0 Å². The summed E-state index contributed by atoms with van der Waals surface area (Å²) in [5, 5.41) is 7.09. The Hall–Kier alpha value is -0.240. The molecule has 0 aromatic carbocycles. The molecular formula is C5H7NS. The van der Waals surface area contributed by atoms with Crippen LogP contribution in [0.25, 0.3) is 0 Å². The first-order chi connectivity index (χ1) is 3.29. The maximum atomic E-state index is 7.09. The van der Waals surface area contributed by atoms with Gasteiger partial charge in [-0.15, -0.1) is 0 Å². The summed E-state index contributed by atoms with van der Waals surface area (Å²) >= 11 is 4.86. The SMILES string of the molecule is N=C1CCC(=S)C1. The highest BCUT2D eigenvalue weighted by atomic mass is 32.1. The molecule has 1 saturated carbocycles. The first-order valence-electron chi connectivity index (χ1n) is 2.37. The van der Waals surface area contributed by atoms with Crippen molar-refractivity contribution < 1.29 is 0 Å². The second-order valence-corrected chi connectivity index (χ2v) is 2.40. The minimum absolute atomic E-state index is 0.787. The topological polar surface area (TPSA) is 23.9 Å². The summed E-state index contributed by atoms with van der Waals surface area (Å²) in [5.41, 5.74) is 0.810. The molecule has 38 valence electrons. The van der Waals surface area contributed by atoms with E-state index < -0.39 is 0 Å². The molecule has 1 nitrogen and oxygen atoms in total. The highest BCUT2D eigenvalue weighted by Crippen LogP contribution is 2.10. The number of hydrogen-bond donors (Lipinski definition) is 1. The molecule has 2 heteroatoms. The fourth-order valence-electron chi connectivity index (χ4n) is 0.705. The molecule has 0 radical (unpaired) electrons. The number of thiocarbonyl (C=S) groups is 1. The third-order valence-corrected chi connectivity index (χ3v) is 1.46. The Kier molecular flexibility index (Phi) is 1.19. The monoisotopic (exact) mass is 113 g/mol. The van der Waals surface area contributed by atoms with Crippen LogP contribution in [-0.2, 0) is 0 Å². The fourth-order valence-corrected chi connectivity index (χ4v) is 0.981. The third kappa shape index (κ3) is 1.06. The zero-order valence-electron chi connectivity index (χ0n) is 4.03. The van der Waals surface area contributed by atoms with E-state index in [1.54, 1.807) is 0 Å². The number of rotatable bonds is 0. The zero-order chi connectivity index (χ0) is 5.28. The largest absolute Gasteiger partial charge is 0.309 e. The third-order valence-electron chi connectivity index (χ3n) is 1.12. The van der Waals surface area contributed by atoms with Crippen molar-refractivity contribution in [3.63, 3.8) is 0 Å². The van der Waals surface area contributed by atoms with Crippen LogP contribution in [0, 0.1) is 5.41 Å². The molecule has 0 unspecified atom stereocenters. The van der Waals surface area contributed by atoms with Crippen LogP contribution < -0.4 is 0 Å². The van der Waals surface area contributed by atoms with Crippen molar-refractivity contribution in [1.29, 1.82) is 5.41 Å². The van der Waals surface area contributed by atoms with Crippen LogP contribution >= 0.6 is 12.2 Å². The second-order valence-electron chi connectivity index (χ2n) is 1.82. The summed E-state index contributed by atoms with van der Waals surface area (Å²) in [5.74, 6) is 0. The Morgan fingerprint density at radius 2 is 2.14 bits per heavy atom. The Bertz CT molecular complexity index is 103. The van der Waals surface area contributed by atoms with Gasteiger partial charge in [-0.2, -0.15) is 0 Å². The second kappa shape index (κ2) is 1.70. The molecule has 0 atom stereocenters. The molecule has 0 aromatic heterocycles. The standard InChI is InChI=1S/C5H7NS/c6-4-1-2-5(7)3-4/h6H,1-3H2. The van der Waals surface area contributed by atoms with E-state index in [-0.39, 0.29) is 0 Å². The average molecular weight is 113 g/mol. The summed E-state index contributed by atoms with van der Waals surface area (Å²) < 4.78 is 0. The van der Waals surface area contributed by atoms with Gasteiger partial charge >= 0.3 is 0 Å². The highest BCUT2D eigenvalue weighted by molar-refractivity contribution is 7.80. The molecule has 1 N–H and O–H groups in total. The van der Waals surface area contributed by atoms with Crippen molar-refractivity contribution in [2.45, 2.75) is 19.3 Å². The molecule has 7 heavy (non-hydrogen) atoms. The lowest BCUT2D eigenvalue weighted by Gasteiger charge is -1.78. The van der Waals surface area contributed by atoms with Gasteiger partial charge in [-0.1, -0.05) is 12.2 Å². The van der Waals surface area contributed by atoms with Gasteiger partial charge in [0.05, 0.1) is 0 Å². The van der Waals surface area contributed by atoms with Gasteiger partial charge in [0.1, 0.15) is 0 Å². The lowest BCUT2D eigenvalue weighted by atomic mass is 10.3. The van der Waals surface area contributed by atoms with Gasteiger partial charge in [-0.05, 0) is 17.7 Å². The smallest absolute Gasteiger partial charge is 0.0166 e. The maximum Gasteiger partial charge on any atom is 0.0166 e. The van der Waals surface area contributed by atoms with Gasteiger partial charge in [0.25, 0.3) is 0 Å². The summed E-state index contributed by atoms with van der Waals surface area (Å²) in [6.07, 6.45) is 2.68. The van der Waals surface area contributed by atoms with Gasteiger partial charge < -0.3 is 5.41 Å². The van der Waals surface area contributed by atoms with Gasteiger partial charge in [-0.3, -0.25) is 0 Å². The van der Waals surface area contributed by atoms with Crippen LogP contribution in [0.1, 0.15) is 19.3 Å². The summed E-state index contributed by atoms with van der Waals surface area (Å²) in [7, 11) is 0. The van der Waals surface area contributed by atoms with Crippen molar-refractivity contribution in [3.05, 3.63) is 0 Å². The minimum Gasteiger partial charge on any atom is -0.309 e. The average Bonchev–Trinajstić information content (AvgIpc) is 1.87. The fraction of sp³-hybridized carbons (Fsp3) is 0.600. The molecule has 0 amide bonds. The molecule has 1 fully saturated rings. The Balaban J connectivity index is 2.55. The van der Waals surface area contributed by atoms with Crippen molar-refractivity contribution in [3.8, 4) is 0 Å². The molecule has 1 aliphatic rings. The molecule has 0 bridgehead atoms. The van der Waals surface area contributed by atoms with E-state index in [1.165, 1.54) is 0 Å². The van der Waals surface area contributed by atoms with E-state index in [1.807, 2.05) is 0 Å². The first kappa shape index (κ1) is 4.91. The Labute approximate surface area is 48.2 Å². The zero-order valence-corrected chi connectivity index (χ0v) is 4.85. The summed E-state index contributed by atoms with van der Waals surface area (Å²) in [6, 6.07) is 0. The van der Waals surface area contributed by atoms with Crippen LogP contribution in [0.3, 0.4) is 0 Å². The van der Waals surface area contributed by atoms with Gasteiger partial charge in [0, 0.05) is 12.1 Å². The molecule has 1 rings (SSSR count). The van der Waals surface area contributed by atoms with Crippen LogP contribution in [0.5, 0.6) is 0 Å². The maximum absolute atomic E-state index is 7.09. The van der Waals surface area contributed by atoms with Crippen molar-refractivity contribution in [2.75, 3.05) is 0 Å². The number of nitrogens with one attached hydrogen (secondary N) is 1. The van der Waals surface area contributed by atoms with E-state index >= 15 is 0 Å². The normalized spacial score (nSPS) is 21.1. The Morgan fingerprint density at radius 3 is 2.29 bits per heavy atom. The predicted octanol–water partition coefficient (Wildman–Crippen LogP) is 1.56. The minimum atomic E-state index is 0.787. The molecule has 0 heterocycles. The van der Waals surface area contributed by atoms with Gasteiger partial charge in [0.2, 0.25) is 0 Å². The quantitative estimate of drug-likeness (QED) is 0.473. The van der Waals surface area contributed by atoms with Crippen molar-refractivity contribution >= 4 is 22.8 Å². The lowest BCUT2D eigenvalue weighted by molar-refractivity contribution is 1.19.